The SMILES string of the molecule is C=C1CCC2CC2c2c(cccc2N(c2cc(C(C)(C)C)cc(C(C)(C)C)c2)c2cccc3[n+]2CCc2ccccc2-3)C1=CC=CC. The van der Waals surface area contributed by atoms with Gasteiger partial charge in [-0.05, 0) is 113 Å². The summed E-state index contributed by atoms with van der Waals surface area (Å²) in [7, 11) is 0. The number of hydrogen-bond donors (Lipinski definition) is 0. The Morgan fingerprint density at radius 2 is 1.51 bits per heavy atom. The first kappa shape index (κ1) is 31.4. The Morgan fingerprint density at radius 3 is 2.23 bits per heavy atom. The molecule has 0 amide bonds. The first-order valence-electron chi connectivity index (χ1n) is 17.7. The molecule has 2 atom stereocenters. The molecule has 2 aliphatic carbocycles. The number of aryl methyl sites for hydroxylation is 1. The highest BCUT2D eigenvalue weighted by molar-refractivity contribution is 5.88. The fourth-order valence-electron chi connectivity index (χ4n) is 7.79. The zero-order valence-corrected chi connectivity index (χ0v) is 29.5. The van der Waals surface area contributed by atoms with E-state index < -0.39 is 0 Å². The van der Waals surface area contributed by atoms with Crippen LogP contribution in [0.4, 0.5) is 17.2 Å². The lowest BCUT2D eigenvalue weighted by atomic mass is 9.80. The Hall–Kier alpha value is -4.17. The maximum Gasteiger partial charge on any atom is 0.287 e. The summed E-state index contributed by atoms with van der Waals surface area (Å²) < 4.78 is 2.57. The molecule has 0 bridgehead atoms. The van der Waals surface area contributed by atoms with Gasteiger partial charge in [-0.1, -0.05) is 109 Å². The molecule has 0 radical (unpaired) electrons. The van der Waals surface area contributed by atoms with Crippen molar-refractivity contribution < 1.29 is 4.57 Å². The van der Waals surface area contributed by atoms with Gasteiger partial charge in [0.05, 0.1) is 6.54 Å². The maximum atomic E-state index is 4.63. The monoisotopic (exact) mass is 619 g/mol. The molecule has 7 rings (SSSR count). The van der Waals surface area contributed by atoms with E-state index in [1.807, 2.05) is 0 Å². The van der Waals surface area contributed by atoms with Crippen molar-refractivity contribution >= 4 is 22.8 Å². The van der Waals surface area contributed by atoms with E-state index in [1.54, 1.807) is 0 Å². The third-order valence-electron chi connectivity index (χ3n) is 10.7. The van der Waals surface area contributed by atoms with Crippen LogP contribution in [0.15, 0.2) is 109 Å². The molecule has 1 fully saturated rings. The summed E-state index contributed by atoms with van der Waals surface area (Å²) in [5.74, 6) is 2.50. The molecule has 1 aliphatic heterocycles. The smallest absolute Gasteiger partial charge is 0.226 e. The van der Waals surface area contributed by atoms with E-state index in [2.05, 4.69) is 162 Å². The Kier molecular flexibility index (Phi) is 7.90. The minimum absolute atomic E-state index is 0.0110. The van der Waals surface area contributed by atoms with Crippen LogP contribution in [0.5, 0.6) is 0 Å². The van der Waals surface area contributed by atoms with Crippen molar-refractivity contribution in [3.63, 3.8) is 0 Å². The fourth-order valence-corrected chi connectivity index (χ4v) is 7.79. The molecule has 2 unspecified atom stereocenters. The summed E-state index contributed by atoms with van der Waals surface area (Å²) in [5, 5.41) is 0. The summed E-state index contributed by atoms with van der Waals surface area (Å²) >= 11 is 0. The van der Waals surface area contributed by atoms with E-state index in [4.69, 9.17) is 0 Å². The summed E-state index contributed by atoms with van der Waals surface area (Å²) in [5.41, 5.74) is 14.8. The van der Waals surface area contributed by atoms with Crippen LogP contribution < -0.4 is 9.47 Å². The number of anilines is 3. The lowest BCUT2D eigenvalue weighted by Crippen LogP contribution is -2.44. The van der Waals surface area contributed by atoms with Crippen molar-refractivity contribution in [2.75, 3.05) is 4.90 Å². The van der Waals surface area contributed by atoms with Crippen LogP contribution in [0.25, 0.3) is 16.8 Å². The van der Waals surface area contributed by atoms with E-state index in [0.29, 0.717) is 11.8 Å². The van der Waals surface area contributed by atoms with Gasteiger partial charge in [-0.2, -0.15) is 4.90 Å². The number of pyridine rings is 1. The number of aromatic nitrogens is 1. The highest BCUT2D eigenvalue weighted by Gasteiger charge is 2.45. The first-order valence-corrected chi connectivity index (χ1v) is 17.7. The van der Waals surface area contributed by atoms with E-state index in [-0.39, 0.29) is 10.8 Å². The zero-order chi connectivity index (χ0) is 33.1. The van der Waals surface area contributed by atoms with E-state index in [1.165, 1.54) is 80.3 Å². The molecule has 47 heavy (non-hydrogen) atoms. The molecule has 1 aromatic heterocycles. The second-order valence-corrected chi connectivity index (χ2v) is 16.0. The summed E-state index contributed by atoms with van der Waals surface area (Å²) in [6.45, 7) is 21.7. The minimum atomic E-state index is 0.0110. The molecule has 3 aromatic carbocycles. The molecule has 240 valence electrons. The predicted octanol–water partition coefficient (Wildman–Crippen LogP) is 11.7. The number of hydrogen-bond acceptors (Lipinski definition) is 1. The average molecular weight is 620 g/mol. The summed E-state index contributed by atoms with van der Waals surface area (Å²) in [4.78, 5) is 2.62. The van der Waals surface area contributed by atoms with Gasteiger partial charge in [-0.3, -0.25) is 0 Å². The van der Waals surface area contributed by atoms with Crippen LogP contribution in [0, 0.1) is 5.92 Å². The molecule has 0 saturated heterocycles. The van der Waals surface area contributed by atoms with Gasteiger partial charge in [0.1, 0.15) is 17.1 Å². The predicted molar refractivity (Wildman–Crippen MR) is 200 cm³/mol. The number of nitrogens with zero attached hydrogens (tertiary/aromatic N) is 2. The standard InChI is InChI=1S/C45H51N2/c1-9-10-16-36-30(2)22-23-32-26-39(32)43-38(36)18-13-20-41(43)47(35-28-33(44(3,4)5)27-34(29-35)45(6,7)8)42-21-14-19-40-37-17-12-11-15-31(37)24-25-46(40)42/h9-21,27-29,32,39H,2,22-26H2,1,3-8H3/q+1. The molecule has 4 aromatic rings. The third kappa shape index (κ3) is 5.81. The van der Waals surface area contributed by atoms with E-state index in [9.17, 15) is 0 Å². The average Bonchev–Trinajstić information content (AvgIpc) is 3.81. The van der Waals surface area contributed by atoms with Gasteiger partial charge in [0.2, 0.25) is 0 Å². The highest BCUT2D eigenvalue weighted by Crippen LogP contribution is 2.58. The van der Waals surface area contributed by atoms with Crippen LogP contribution >= 0.6 is 0 Å². The van der Waals surface area contributed by atoms with Crippen molar-refractivity contribution in [1.82, 2.24) is 0 Å². The molecule has 2 nitrogen and oxygen atoms in total. The Labute approximate surface area is 283 Å². The van der Waals surface area contributed by atoms with Gasteiger partial charge in [0, 0.05) is 23.6 Å². The van der Waals surface area contributed by atoms with Crippen LogP contribution in [-0.4, -0.2) is 0 Å². The molecule has 2 heteroatoms. The topological polar surface area (TPSA) is 7.12 Å². The quantitative estimate of drug-likeness (QED) is 0.206. The third-order valence-corrected chi connectivity index (χ3v) is 10.7. The van der Waals surface area contributed by atoms with Crippen LogP contribution in [0.2, 0.25) is 0 Å². The highest BCUT2D eigenvalue weighted by atomic mass is 15.3. The molecule has 0 spiro atoms. The van der Waals surface area contributed by atoms with Gasteiger partial charge in [-0.15, -0.1) is 0 Å². The van der Waals surface area contributed by atoms with Crippen molar-refractivity contribution in [1.29, 1.82) is 0 Å². The normalized spacial score (nSPS) is 19.8. The van der Waals surface area contributed by atoms with Gasteiger partial charge < -0.3 is 0 Å². The van der Waals surface area contributed by atoms with Crippen LogP contribution in [0.1, 0.15) is 101 Å². The van der Waals surface area contributed by atoms with Crippen molar-refractivity contribution in [3.05, 3.63) is 137 Å². The zero-order valence-electron chi connectivity index (χ0n) is 29.5. The maximum absolute atomic E-state index is 4.63. The first-order chi connectivity index (χ1) is 22.5. The van der Waals surface area contributed by atoms with Gasteiger partial charge in [0.25, 0.3) is 5.82 Å². The van der Waals surface area contributed by atoms with Gasteiger partial charge in [-0.25, -0.2) is 4.57 Å². The van der Waals surface area contributed by atoms with Crippen LogP contribution in [-0.2, 0) is 23.8 Å². The second kappa shape index (κ2) is 11.8. The molecule has 2 heterocycles. The number of benzene rings is 3. The van der Waals surface area contributed by atoms with E-state index >= 15 is 0 Å². The molecule has 1 saturated carbocycles. The number of allylic oxidation sites excluding steroid dienone is 5. The summed E-state index contributed by atoms with van der Waals surface area (Å²) in [6.07, 6.45) is 11.2. The van der Waals surface area contributed by atoms with Crippen molar-refractivity contribution in [3.8, 4) is 11.3 Å². The second-order valence-electron chi connectivity index (χ2n) is 16.0. The summed E-state index contributed by atoms with van der Waals surface area (Å²) in [6, 6.07) is 30.3. The molecule has 0 N–H and O–H groups in total. The minimum Gasteiger partial charge on any atom is -0.226 e. The van der Waals surface area contributed by atoms with Gasteiger partial charge >= 0.3 is 0 Å². The fraction of sp³-hybridized carbons (Fsp3) is 0.356. The largest absolute Gasteiger partial charge is 0.287 e. The van der Waals surface area contributed by atoms with Gasteiger partial charge in [0.15, 0.2) is 0 Å². The Bertz CT molecular complexity index is 1890. The molecular formula is C45H51N2+. The van der Waals surface area contributed by atoms with Crippen molar-refractivity contribution in [2.45, 2.75) is 97.4 Å². The number of rotatable bonds is 4. The van der Waals surface area contributed by atoms with E-state index in [0.717, 1.165) is 19.4 Å². The van der Waals surface area contributed by atoms with Crippen molar-refractivity contribution in [2.24, 2.45) is 5.92 Å². The Balaban J connectivity index is 1.55. The van der Waals surface area contributed by atoms with Crippen LogP contribution in [0.3, 0.4) is 0 Å². The lowest BCUT2D eigenvalue weighted by molar-refractivity contribution is -0.674. The lowest BCUT2D eigenvalue weighted by Gasteiger charge is -2.30. The molecule has 3 aliphatic rings. The molecular weight excluding hydrogens is 569 g/mol. The number of fused-ring (bicyclic) bond motifs is 6. The Morgan fingerprint density at radius 1 is 0.809 bits per heavy atom.